The number of methoxy groups -OCH3 is 1. The van der Waals surface area contributed by atoms with E-state index in [9.17, 15) is 9.18 Å². The molecule has 0 aliphatic carbocycles. The molecule has 4 rings (SSSR count). The van der Waals surface area contributed by atoms with E-state index in [1.54, 1.807) is 19.2 Å². The molecular weight excluding hydrogens is 383 g/mol. The molecule has 154 valence electrons. The summed E-state index contributed by atoms with van der Waals surface area (Å²) in [5.74, 6) is 1.08. The van der Waals surface area contributed by atoms with E-state index in [0.717, 1.165) is 42.2 Å². The van der Waals surface area contributed by atoms with Crippen molar-refractivity contribution < 1.29 is 13.9 Å². The molecule has 2 aromatic carbocycles. The van der Waals surface area contributed by atoms with Crippen LogP contribution < -0.4 is 15.0 Å². The fraction of sp³-hybridized carbons (Fsp3) is 0.261. The predicted molar refractivity (Wildman–Crippen MR) is 114 cm³/mol. The summed E-state index contributed by atoms with van der Waals surface area (Å²) in [5.41, 5.74) is 2.25. The molecule has 1 aliphatic heterocycles. The van der Waals surface area contributed by atoms with Crippen LogP contribution in [0.15, 0.2) is 60.7 Å². The van der Waals surface area contributed by atoms with Gasteiger partial charge in [-0.15, -0.1) is 10.2 Å². The van der Waals surface area contributed by atoms with E-state index >= 15 is 0 Å². The van der Waals surface area contributed by atoms with Crippen LogP contribution in [-0.4, -0.2) is 36.3 Å². The molecule has 0 radical (unpaired) electrons. The summed E-state index contributed by atoms with van der Waals surface area (Å²) in [6.45, 7) is 1.42. The summed E-state index contributed by atoms with van der Waals surface area (Å²) in [6.07, 6.45) is 1.74. The SMILES string of the molecule is COc1ccc(NC(=O)[C@H]2CCCN(c3ccc(-c4ccc(F)cc4)nn3)C2)cc1. The van der Waals surface area contributed by atoms with Crippen LogP contribution in [0, 0.1) is 11.7 Å². The largest absolute Gasteiger partial charge is 0.497 e. The molecule has 1 aliphatic rings. The van der Waals surface area contributed by atoms with Gasteiger partial charge in [0.05, 0.1) is 18.7 Å². The van der Waals surface area contributed by atoms with Crippen molar-refractivity contribution in [3.8, 4) is 17.0 Å². The summed E-state index contributed by atoms with van der Waals surface area (Å²) in [6, 6.07) is 17.2. The lowest BCUT2D eigenvalue weighted by atomic mass is 9.97. The quantitative estimate of drug-likeness (QED) is 0.690. The normalized spacial score (nSPS) is 16.2. The van der Waals surface area contributed by atoms with Gasteiger partial charge in [-0.05, 0) is 73.5 Å². The smallest absolute Gasteiger partial charge is 0.229 e. The van der Waals surface area contributed by atoms with Crippen LogP contribution in [0.25, 0.3) is 11.3 Å². The Kier molecular flexibility index (Phi) is 5.88. The summed E-state index contributed by atoms with van der Waals surface area (Å²) < 4.78 is 18.2. The number of anilines is 2. The molecule has 2 heterocycles. The Hall–Kier alpha value is -3.48. The van der Waals surface area contributed by atoms with Crippen LogP contribution in [0.4, 0.5) is 15.9 Å². The van der Waals surface area contributed by atoms with Gasteiger partial charge in [-0.2, -0.15) is 0 Å². The van der Waals surface area contributed by atoms with Crippen LogP contribution in [0.3, 0.4) is 0 Å². The Bertz CT molecular complexity index is 991. The number of piperidine rings is 1. The van der Waals surface area contributed by atoms with Crippen molar-refractivity contribution in [2.75, 3.05) is 30.4 Å². The van der Waals surface area contributed by atoms with E-state index < -0.39 is 0 Å². The third kappa shape index (κ3) is 4.56. The van der Waals surface area contributed by atoms with Gasteiger partial charge in [-0.1, -0.05) is 0 Å². The number of rotatable bonds is 5. The first-order valence-corrected chi connectivity index (χ1v) is 9.92. The van der Waals surface area contributed by atoms with Gasteiger partial charge in [-0.25, -0.2) is 4.39 Å². The van der Waals surface area contributed by atoms with Crippen molar-refractivity contribution >= 4 is 17.4 Å². The average molecular weight is 406 g/mol. The number of benzene rings is 2. The summed E-state index contributed by atoms with van der Waals surface area (Å²) in [7, 11) is 1.61. The molecule has 1 fully saturated rings. The number of carbonyl (C=O) groups is 1. The molecule has 0 unspecified atom stereocenters. The second-order valence-corrected chi connectivity index (χ2v) is 7.29. The van der Waals surface area contributed by atoms with Gasteiger partial charge in [0.1, 0.15) is 11.6 Å². The van der Waals surface area contributed by atoms with E-state index in [0.29, 0.717) is 12.2 Å². The van der Waals surface area contributed by atoms with Crippen LogP contribution in [-0.2, 0) is 4.79 Å². The molecule has 1 saturated heterocycles. The van der Waals surface area contributed by atoms with Gasteiger partial charge >= 0.3 is 0 Å². The van der Waals surface area contributed by atoms with Crippen molar-refractivity contribution in [3.05, 3.63) is 66.5 Å². The van der Waals surface area contributed by atoms with Crippen molar-refractivity contribution in [1.29, 1.82) is 0 Å². The highest BCUT2D eigenvalue weighted by atomic mass is 19.1. The maximum Gasteiger partial charge on any atom is 0.229 e. The van der Waals surface area contributed by atoms with E-state index in [1.165, 1.54) is 12.1 Å². The maximum absolute atomic E-state index is 13.1. The number of carbonyl (C=O) groups excluding carboxylic acids is 1. The number of hydrogen-bond acceptors (Lipinski definition) is 5. The van der Waals surface area contributed by atoms with Gasteiger partial charge in [0.2, 0.25) is 5.91 Å². The fourth-order valence-electron chi connectivity index (χ4n) is 3.59. The first kappa shape index (κ1) is 19.8. The second-order valence-electron chi connectivity index (χ2n) is 7.29. The molecule has 1 atom stereocenters. The van der Waals surface area contributed by atoms with E-state index in [-0.39, 0.29) is 17.6 Å². The Morgan fingerprint density at radius 2 is 1.83 bits per heavy atom. The van der Waals surface area contributed by atoms with Crippen molar-refractivity contribution in [1.82, 2.24) is 10.2 Å². The maximum atomic E-state index is 13.1. The van der Waals surface area contributed by atoms with Crippen molar-refractivity contribution in [2.45, 2.75) is 12.8 Å². The second kappa shape index (κ2) is 8.90. The molecule has 6 nitrogen and oxygen atoms in total. The van der Waals surface area contributed by atoms with Gasteiger partial charge in [0, 0.05) is 24.3 Å². The van der Waals surface area contributed by atoms with Crippen molar-refractivity contribution in [2.24, 2.45) is 5.92 Å². The third-order valence-electron chi connectivity index (χ3n) is 5.26. The van der Waals surface area contributed by atoms with Gasteiger partial charge in [0.25, 0.3) is 0 Å². The Morgan fingerprint density at radius 3 is 2.50 bits per heavy atom. The first-order chi connectivity index (χ1) is 14.6. The Morgan fingerprint density at radius 1 is 1.07 bits per heavy atom. The Balaban J connectivity index is 1.40. The highest BCUT2D eigenvalue weighted by molar-refractivity contribution is 5.93. The fourth-order valence-corrected chi connectivity index (χ4v) is 3.59. The molecular formula is C23H23FN4O2. The van der Waals surface area contributed by atoms with Gasteiger partial charge < -0.3 is 15.0 Å². The molecule has 1 amide bonds. The third-order valence-corrected chi connectivity index (χ3v) is 5.26. The number of hydrogen-bond donors (Lipinski definition) is 1. The zero-order valence-corrected chi connectivity index (χ0v) is 16.7. The van der Waals surface area contributed by atoms with Crippen LogP contribution in [0.2, 0.25) is 0 Å². The lowest BCUT2D eigenvalue weighted by Gasteiger charge is -2.32. The van der Waals surface area contributed by atoms with Gasteiger partial charge in [0.15, 0.2) is 5.82 Å². The monoisotopic (exact) mass is 406 g/mol. The minimum atomic E-state index is -0.282. The average Bonchev–Trinajstić information content (AvgIpc) is 2.80. The summed E-state index contributed by atoms with van der Waals surface area (Å²) in [5, 5.41) is 11.6. The van der Waals surface area contributed by atoms with E-state index in [4.69, 9.17) is 4.74 Å². The highest BCUT2D eigenvalue weighted by Crippen LogP contribution is 2.25. The molecule has 1 N–H and O–H groups in total. The molecule has 0 saturated carbocycles. The number of aromatic nitrogens is 2. The molecule has 3 aromatic rings. The van der Waals surface area contributed by atoms with Crippen LogP contribution in [0.5, 0.6) is 5.75 Å². The first-order valence-electron chi connectivity index (χ1n) is 9.92. The van der Waals surface area contributed by atoms with Crippen molar-refractivity contribution in [3.63, 3.8) is 0 Å². The zero-order valence-electron chi connectivity index (χ0n) is 16.7. The number of amides is 1. The lowest BCUT2D eigenvalue weighted by molar-refractivity contribution is -0.120. The van der Waals surface area contributed by atoms with E-state index in [1.807, 2.05) is 36.4 Å². The number of nitrogens with zero attached hydrogens (tertiary/aromatic N) is 3. The van der Waals surface area contributed by atoms with Crippen LogP contribution >= 0.6 is 0 Å². The minimum absolute atomic E-state index is 0.000702. The molecule has 30 heavy (non-hydrogen) atoms. The van der Waals surface area contributed by atoms with Crippen LogP contribution in [0.1, 0.15) is 12.8 Å². The predicted octanol–water partition coefficient (Wildman–Crippen LogP) is 4.15. The molecule has 0 spiro atoms. The molecule has 1 aromatic heterocycles. The zero-order chi connectivity index (χ0) is 20.9. The standard InChI is InChI=1S/C23H23FN4O2/c1-30-20-10-8-19(9-11-20)25-23(29)17-3-2-14-28(15-17)22-13-12-21(26-27-22)16-4-6-18(24)7-5-16/h4-13,17H,2-3,14-15H2,1H3,(H,25,29)/t17-/m0/s1. The minimum Gasteiger partial charge on any atom is -0.497 e. The van der Waals surface area contributed by atoms with E-state index in [2.05, 4.69) is 20.4 Å². The number of ether oxygens (including phenoxy) is 1. The summed E-state index contributed by atoms with van der Waals surface area (Å²) >= 11 is 0. The van der Waals surface area contributed by atoms with Gasteiger partial charge in [-0.3, -0.25) is 4.79 Å². The topological polar surface area (TPSA) is 67.3 Å². The number of nitrogens with one attached hydrogen (secondary N) is 1. The molecule has 0 bridgehead atoms. The molecule has 7 heteroatoms. The highest BCUT2D eigenvalue weighted by Gasteiger charge is 2.27. The number of halogens is 1. The lowest BCUT2D eigenvalue weighted by Crippen LogP contribution is -2.41. The summed E-state index contributed by atoms with van der Waals surface area (Å²) in [4.78, 5) is 14.8. The Labute approximate surface area is 174 Å².